The molecule has 0 aliphatic rings. The predicted molar refractivity (Wildman–Crippen MR) is 95.9 cm³/mol. The Balaban J connectivity index is 2.34. The molecule has 2 aromatic rings. The number of nitrogens with zero attached hydrogens (tertiary/aromatic N) is 2. The van der Waals surface area contributed by atoms with Gasteiger partial charge in [0.05, 0.1) is 5.69 Å². The standard InChI is InChI=1S/C17H19N3S2/c1-3-4-5-10-19-17-20-15(14(11-18)16(21)22-17)13-8-6-12(2)7-9-13/h6-9H,3-5,10H2,1-2H3,(H,19,20). The van der Waals surface area contributed by atoms with E-state index in [-0.39, 0.29) is 0 Å². The van der Waals surface area contributed by atoms with E-state index in [0.717, 1.165) is 23.7 Å². The molecule has 0 aliphatic heterocycles. The van der Waals surface area contributed by atoms with Gasteiger partial charge in [-0.15, -0.1) is 0 Å². The van der Waals surface area contributed by atoms with Gasteiger partial charge in [0, 0.05) is 12.1 Å². The van der Waals surface area contributed by atoms with Crippen molar-refractivity contribution < 1.29 is 0 Å². The molecule has 0 bridgehead atoms. The molecule has 1 heterocycles. The Hall–Kier alpha value is -1.77. The minimum Gasteiger partial charge on any atom is -0.361 e. The highest BCUT2D eigenvalue weighted by molar-refractivity contribution is 7.73. The maximum absolute atomic E-state index is 9.38. The minimum absolute atomic E-state index is 0.489. The highest BCUT2D eigenvalue weighted by atomic mass is 32.1. The first kappa shape index (κ1) is 16.6. The summed E-state index contributed by atoms with van der Waals surface area (Å²) in [7, 11) is 0. The Labute approximate surface area is 140 Å². The average molecular weight is 329 g/mol. The first-order valence-electron chi connectivity index (χ1n) is 7.42. The van der Waals surface area contributed by atoms with Crippen molar-refractivity contribution in [1.29, 1.82) is 5.26 Å². The van der Waals surface area contributed by atoms with E-state index in [1.165, 1.54) is 29.7 Å². The Morgan fingerprint density at radius 3 is 2.64 bits per heavy atom. The number of nitrogens with one attached hydrogen (secondary N) is 1. The van der Waals surface area contributed by atoms with Crippen LogP contribution >= 0.6 is 23.6 Å². The van der Waals surface area contributed by atoms with Gasteiger partial charge in [-0.2, -0.15) is 5.26 Å². The largest absolute Gasteiger partial charge is 0.361 e. The van der Waals surface area contributed by atoms with Crippen LogP contribution in [0.15, 0.2) is 24.3 Å². The molecule has 0 saturated heterocycles. The quantitative estimate of drug-likeness (QED) is 0.575. The molecule has 0 unspecified atom stereocenters. The van der Waals surface area contributed by atoms with Gasteiger partial charge in [0.2, 0.25) is 0 Å². The Morgan fingerprint density at radius 2 is 2.00 bits per heavy atom. The molecule has 2 rings (SSSR count). The van der Waals surface area contributed by atoms with Crippen LogP contribution in [0.25, 0.3) is 11.3 Å². The van der Waals surface area contributed by atoms with Gasteiger partial charge in [0.15, 0.2) is 5.13 Å². The minimum atomic E-state index is 0.489. The third kappa shape index (κ3) is 4.12. The van der Waals surface area contributed by atoms with Crippen molar-refractivity contribution in [3.63, 3.8) is 0 Å². The summed E-state index contributed by atoms with van der Waals surface area (Å²) in [6.07, 6.45) is 3.49. The normalized spacial score (nSPS) is 10.2. The summed E-state index contributed by atoms with van der Waals surface area (Å²) >= 11 is 6.74. The van der Waals surface area contributed by atoms with Gasteiger partial charge in [-0.05, 0) is 13.3 Å². The number of hydrogen-bond donors (Lipinski definition) is 1. The lowest BCUT2D eigenvalue weighted by molar-refractivity contribution is 0.743. The monoisotopic (exact) mass is 329 g/mol. The number of anilines is 1. The fraction of sp³-hybridized carbons (Fsp3) is 0.353. The summed E-state index contributed by atoms with van der Waals surface area (Å²) in [5, 5.41) is 13.5. The molecule has 0 radical (unpaired) electrons. The molecule has 0 saturated carbocycles. The zero-order valence-electron chi connectivity index (χ0n) is 12.8. The van der Waals surface area contributed by atoms with Gasteiger partial charge in [-0.3, -0.25) is 0 Å². The van der Waals surface area contributed by atoms with Crippen LogP contribution in [0, 0.1) is 22.1 Å². The van der Waals surface area contributed by atoms with Gasteiger partial charge in [-0.1, -0.05) is 73.1 Å². The predicted octanol–water partition coefficient (Wildman–Crippen LogP) is 5.32. The molecule has 0 fully saturated rings. The van der Waals surface area contributed by atoms with E-state index in [1.54, 1.807) is 0 Å². The molecule has 1 aromatic carbocycles. The zero-order valence-corrected chi connectivity index (χ0v) is 14.5. The number of unbranched alkanes of at least 4 members (excludes halogenated alkanes) is 2. The number of nitriles is 1. The molecule has 0 amide bonds. The van der Waals surface area contributed by atoms with Crippen LogP contribution in [0.2, 0.25) is 0 Å². The van der Waals surface area contributed by atoms with Gasteiger partial charge in [0.25, 0.3) is 0 Å². The van der Waals surface area contributed by atoms with Crippen LogP contribution in [0.5, 0.6) is 0 Å². The van der Waals surface area contributed by atoms with Crippen molar-refractivity contribution in [2.24, 2.45) is 0 Å². The molecule has 22 heavy (non-hydrogen) atoms. The van der Waals surface area contributed by atoms with E-state index >= 15 is 0 Å². The van der Waals surface area contributed by atoms with Crippen LogP contribution in [0.4, 0.5) is 5.13 Å². The number of benzene rings is 1. The third-order valence-corrected chi connectivity index (χ3v) is 4.61. The second-order valence-electron chi connectivity index (χ2n) is 5.14. The Kier molecular flexibility index (Phi) is 6.05. The molecule has 1 N–H and O–H groups in total. The van der Waals surface area contributed by atoms with Gasteiger partial charge in [-0.25, -0.2) is 4.98 Å². The fourth-order valence-electron chi connectivity index (χ4n) is 2.08. The summed E-state index contributed by atoms with van der Waals surface area (Å²) in [6, 6.07) is 10.2. The van der Waals surface area contributed by atoms with Crippen molar-refractivity contribution in [1.82, 2.24) is 4.98 Å². The lowest BCUT2D eigenvalue weighted by atomic mass is 10.1. The topological polar surface area (TPSA) is 48.7 Å². The summed E-state index contributed by atoms with van der Waals surface area (Å²) in [5.41, 5.74) is 3.27. The molecule has 3 nitrogen and oxygen atoms in total. The summed E-state index contributed by atoms with van der Waals surface area (Å²) in [6.45, 7) is 5.10. The molecule has 114 valence electrons. The first-order chi connectivity index (χ1) is 10.7. The molecular formula is C17H19N3S2. The van der Waals surface area contributed by atoms with Gasteiger partial charge in [0.1, 0.15) is 15.5 Å². The van der Waals surface area contributed by atoms with E-state index in [9.17, 15) is 5.26 Å². The summed E-state index contributed by atoms with van der Waals surface area (Å²) < 4.78 is 0.589. The first-order valence-corrected chi connectivity index (χ1v) is 8.64. The van der Waals surface area contributed by atoms with Crippen molar-refractivity contribution in [3.05, 3.63) is 39.2 Å². The average Bonchev–Trinajstić information content (AvgIpc) is 2.52. The molecule has 1 aromatic heterocycles. The third-order valence-electron chi connectivity index (χ3n) is 3.34. The number of rotatable bonds is 6. The molecular weight excluding hydrogens is 310 g/mol. The van der Waals surface area contributed by atoms with E-state index in [1.807, 2.05) is 31.2 Å². The van der Waals surface area contributed by atoms with Crippen molar-refractivity contribution in [2.45, 2.75) is 33.1 Å². The van der Waals surface area contributed by atoms with E-state index in [0.29, 0.717) is 15.1 Å². The smallest absolute Gasteiger partial charge is 0.184 e. The van der Waals surface area contributed by atoms with Crippen LogP contribution < -0.4 is 5.32 Å². The highest BCUT2D eigenvalue weighted by Gasteiger charge is 2.11. The lowest BCUT2D eigenvalue weighted by Gasteiger charge is -2.09. The second-order valence-corrected chi connectivity index (χ2v) is 6.81. The SMILES string of the molecule is CCCCCNc1nc(-c2ccc(C)cc2)c(C#N)c(=S)s1. The number of aromatic nitrogens is 1. The van der Waals surface area contributed by atoms with Gasteiger partial charge >= 0.3 is 0 Å². The Bertz CT molecular complexity index is 727. The van der Waals surface area contributed by atoms with Crippen LogP contribution in [-0.4, -0.2) is 11.5 Å². The Morgan fingerprint density at radius 1 is 1.27 bits per heavy atom. The van der Waals surface area contributed by atoms with Crippen LogP contribution in [0.1, 0.15) is 37.3 Å². The number of aryl methyl sites for hydroxylation is 1. The fourth-order valence-corrected chi connectivity index (χ4v) is 3.19. The second kappa shape index (κ2) is 8.02. The lowest BCUT2D eigenvalue weighted by Crippen LogP contribution is -2.03. The maximum Gasteiger partial charge on any atom is 0.184 e. The summed E-state index contributed by atoms with van der Waals surface area (Å²) in [5.74, 6) is 0. The number of hydrogen-bond acceptors (Lipinski definition) is 5. The van der Waals surface area contributed by atoms with E-state index < -0.39 is 0 Å². The van der Waals surface area contributed by atoms with E-state index in [4.69, 9.17) is 12.2 Å². The summed E-state index contributed by atoms with van der Waals surface area (Å²) in [4.78, 5) is 4.62. The molecule has 0 spiro atoms. The van der Waals surface area contributed by atoms with E-state index in [2.05, 4.69) is 23.3 Å². The highest BCUT2D eigenvalue weighted by Crippen LogP contribution is 2.28. The molecule has 0 aliphatic carbocycles. The molecule has 0 atom stereocenters. The van der Waals surface area contributed by atoms with Crippen molar-refractivity contribution >= 4 is 28.7 Å². The van der Waals surface area contributed by atoms with Crippen molar-refractivity contribution in [3.8, 4) is 17.3 Å². The van der Waals surface area contributed by atoms with Gasteiger partial charge < -0.3 is 5.32 Å². The van der Waals surface area contributed by atoms with Crippen LogP contribution in [-0.2, 0) is 0 Å². The van der Waals surface area contributed by atoms with Crippen molar-refractivity contribution in [2.75, 3.05) is 11.9 Å². The molecule has 5 heteroatoms. The zero-order chi connectivity index (χ0) is 15.9. The maximum atomic E-state index is 9.38. The van der Waals surface area contributed by atoms with Crippen LogP contribution in [0.3, 0.4) is 0 Å².